The van der Waals surface area contributed by atoms with Crippen LogP contribution >= 0.6 is 0 Å². The number of amides is 1. The van der Waals surface area contributed by atoms with Crippen LogP contribution in [-0.2, 0) is 6.54 Å². The van der Waals surface area contributed by atoms with E-state index in [0.29, 0.717) is 12.6 Å². The largest absolute Gasteiger partial charge is 0.391 e. The van der Waals surface area contributed by atoms with E-state index in [9.17, 15) is 9.90 Å². The topological polar surface area (TPSA) is 64.8 Å². The molecule has 2 atom stereocenters. The quantitative estimate of drug-likeness (QED) is 0.736. The number of imidazole rings is 1. The summed E-state index contributed by atoms with van der Waals surface area (Å²) in [5.41, 5.74) is 2.65. The molecule has 0 bridgehead atoms. The number of hydrogen-bond acceptors (Lipinski definition) is 5. The molecule has 0 saturated carbocycles. The molecule has 2 aliphatic rings. The van der Waals surface area contributed by atoms with Crippen LogP contribution in [0.3, 0.4) is 0 Å². The van der Waals surface area contributed by atoms with E-state index in [0.717, 1.165) is 87.4 Å². The summed E-state index contributed by atoms with van der Waals surface area (Å²) in [6.45, 7) is 9.46. The number of aromatic nitrogens is 2. The standard InChI is InChI=1S/C24H37N5O2/c1-4-11-26(3)19-10-14-27(16-19)23(31)18-8-9-22-21(15-18)25-24(29(22)12-5-2)28-13-6-7-20(30)17-28/h8-9,15,19-20,30H,4-7,10-14,16-17H2,1-3H3. The Labute approximate surface area is 185 Å². The first-order valence-electron chi connectivity index (χ1n) is 11.9. The highest BCUT2D eigenvalue weighted by atomic mass is 16.3. The third-order valence-corrected chi connectivity index (χ3v) is 6.75. The molecule has 7 nitrogen and oxygen atoms in total. The predicted molar refractivity (Wildman–Crippen MR) is 125 cm³/mol. The Hall–Kier alpha value is -2.12. The smallest absolute Gasteiger partial charge is 0.253 e. The molecular weight excluding hydrogens is 390 g/mol. The van der Waals surface area contributed by atoms with E-state index in [1.807, 2.05) is 23.1 Å². The van der Waals surface area contributed by atoms with E-state index < -0.39 is 0 Å². The van der Waals surface area contributed by atoms with Gasteiger partial charge in [0.05, 0.1) is 17.1 Å². The number of likely N-dealkylation sites (N-methyl/N-ethyl adjacent to an activating group) is 1. The summed E-state index contributed by atoms with van der Waals surface area (Å²) in [6, 6.07) is 6.41. The van der Waals surface area contributed by atoms with Crippen LogP contribution in [0.25, 0.3) is 11.0 Å². The van der Waals surface area contributed by atoms with Crippen LogP contribution in [0.1, 0.15) is 56.3 Å². The van der Waals surface area contributed by atoms with Crippen molar-refractivity contribution in [3.8, 4) is 0 Å². The van der Waals surface area contributed by atoms with Crippen LogP contribution in [0.2, 0.25) is 0 Å². The van der Waals surface area contributed by atoms with Gasteiger partial charge in [0.25, 0.3) is 5.91 Å². The monoisotopic (exact) mass is 427 g/mol. The SMILES string of the molecule is CCCN(C)C1CCN(C(=O)c2ccc3c(c2)nc(N2CCCC(O)C2)n3CCC)C1. The van der Waals surface area contributed by atoms with E-state index in [1.54, 1.807) is 0 Å². The van der Waals surface area contributed by atoms with Crippen LogP contribution in [-0.4, -0.2) is 82.3 Å². The van der Waals surface area contributed by atoms with Crippen LogP contribution in [0.4, 0.5) is 5.95 Å². The molecule has 2 fully saturated rings. The van der Waals surface area contributed by atoms with E-state index in [4.69, 9.17) is 4.98 Å². The highest BCUT2D eigenvalue weighted by molar-refractivity contribution is 5.98. The van der Waals surface area contributed by atoms with Gasteiger partial charge in [0.1, 0.15) is 0 Å². The summed E-state index contributed by atoms with van der Waals surface area (Å²) in [4.78, 5) is 24.7. The van der Waals surface area contributed by atoms with Crippen molar-refractivity contribution in [2.45, 2.75) is 64.6 Å². The number of rotatable bonds is 7. The van der Waals surface area contributed by atoms with Gasteiger partial charge in [0, 0.05) is 44.3 Å². The average Bonchev–Trinajstić information content (AvgIpc) is 3.39. The van der Waals surface area contributed by atoms with Gasteiger partial charge in [0.15, 0.2) is 0 Å². The molecule has 2 unspecified atom stereocenters. The lowest BCUT2D eigenvalue weighted by Gasteiger charge is -2.31. The van der Waals surface area contributed by atoms with Crippen molar-refractivity contribution in [2.75, 3.05) is 44.7 Å². The minimum Gasteiger partial charge on any atom is -0.391 e. The van der Waals surface area contributed by atoms with Gasteiger partial charge in [-0.1, -0.05) is 13.8 Å². The summed E-state index contributed by atoms with van der Waals surface area (Å²) in [7, 11) is 2.16. The Bertz CT molecular complexity index is 911. The van der Waals surface area contributed by atoms with Crippen LogP contribution in [0, 0.1) is 0 Å². The molecule has 1 N–H and O–H groups in total. The molecule has 31 heavy (non-hydrogen) atoms. The number of aliphatic hydroxyl groups excluding tert-OH is 1. The van der Waals surface area contributed by atoms with Crippen molar-refractivity contribution in [1.29, 1.82) is 0 Å². The van der Waals surface area contributed by atoms with E-state index >= 15 is 0 Å². The van der Waals surface area contributed by atoms with Crippen molar-refractivity contribution in [3.63, 3.8) is 0 Å². The van der Waals surface area contributed by atoms with Crippen LogP contribution in [0.15, 0.2) is 18.2 Å². The first-order valence-corrected chi connectivity index (χ1v) is 11.9. The van der Waals surface area contributed by atoms with Crippen LogP contribution in [0.5, 0.6) is 0 Å². The third kappa shape index (κ3) is 4.58. The number of carbonyl (C=O) groups is 1. The summed E-state index contributed by atoms with van der Waals surface area (Å²) in [5, 5.41) is 10.1. The van der Waals surface area contributed by atoms with Gasteiger partial charge < -0.3 is 24.4 Å². The number of fused-ring (bicyclic) bond motifs is 1. The molecule has 3 heterocycles. The maximum Gasteiger partial charge on any atom is 0.253 e. The summed E-state index contributed by atoms with van der Waals surface area (Å²) in [5.74, 6) is 1.02. The number of carbonyl (C=O) groups excluding carboxylic acids is 1. The molecule has 2 saturated heterocycles. The van der Waals surface area contributed by atoms with Gasteiger partial charge >= 0.3 is 0 Å². The molecule has 1 amide bonds. The summed E-state index contributed by atoms with van der Waals surface area (Å²) >= 11 is 0. The van der Waals surface area contributed by atoms with Crippen molar-refractivity contribution in [2.24, 2.45) is 0 Å². The van der Waals surface area contributed by atoms with Crippen molar-refractivity contribution < 1.29 is 9.90 Å². The molecule has 1 aromatic heterocycles. The number of aryl methyl sites for hydroxylation is 1. The molecule has 4 rings (SSSR count). The molecule has 1 aromatic carbocycles. The van der Waals surface area contributed by atoms with Gasteiger partial charge in [-0.25, -0.2) is 4.98 Å². The van der Waals surface area contributed by atoms with Crippen LogP contribution < -0.4 is 4.90 Å². The lowest BCUT2D eigenvalue weighted by molar-refractivity contribution is 0.0780. The van der Waals surface area contributed by atoms with Gasteiger partial charge in [-0.05, 0) is 63.9 Å². The normalized spacial score (nSPS) is 22.1. The molecule has 2 aromatic rings. The zero-order valence-electron chi connectivity index (χ0n) is 19.3. The minimum atomic E-state index is -0.297. The first-order chi connectivity index (χ1) is 15.0. The molecule has 0 spiro atoms. The fourth-order valence-electron chi connectivity index (χ4n) is 5.08. The van der Waals surface area contributed by atoms with Gasteiger partial charge in [0.2, 0.25) is 5.95 Å². The Morgan fingerprint density at radius 2 is 2.03 bits per heavy atom. The predicted octanol–water partition coefficient (Wildman–Crippen LogP) is 2.96. The zero-order valence-corrected chi connectivity index (χ0v) is 19.3. The average molecular weight is 428 g/mol. The second kappa shape index (κ2) is 9.57. The van der Waals surface area contributed by atoms with Crippen molar-refractivity contribution in [3.05, 3.63) is 23.8 Å². The van der Waals surface area contributed by atoms with Gasteiger partial charge in [-0.15, -0.1) is 0 Å². The van der Waals surface area contributed by atoms with E-state index in [-0.39, 0.29) is 12.0 Å². The minimum absolute atomic E-state index is 0.106. The fraction of sp³-hybridized carbons (Fsp3) is 0.667. The number of β-amino-alcohol motifs (C(OH)–C–C–N with tert-alkyl or cyclic N) is 1. The van der Waals surface area contributed by atoms with E-state index in [2.05, 4.69) is 35.3 Å². The maximum atomic E-state index is 13.2. The Morgan fingerprint density at radius 1 is 1.19 bits per heavy atom. The van der Waals surface area contributed by atoms with Crippen molar-refractivity contribution in [1.82, 2.24) is 19.4 Å². The number of aliphatic hydroxyl groups is 1. The Balaban J connectivity index is 1.57. The highest BCUT2D eigenvalue weighted by Gasteiger charge is 2.30. The Kier molecular flexibility index (Phi) is 6.82. The van der Waals surface area contributed by atoms with Gasteiger partial charge in [-0.3, -0.25) is 4.79 Å². The molecule has 170 valence electrons. The zero-order chi connectivity index (χ0) is 22.0. The molecular formula is C24H37N5O2. The Morgan fingerprint density at radius 3 is 2.77 bits per heavy atom. The number of hydrogen-bond donors (Lipinski definition) is 1. The summed E-state index contributed by atoms with van der Waals surface area (Å²) in [6.07, 6.45) is 4.72. The maximum absolute atomic E-state index is 13.2. The van der Waals surface area contributed by atoms with E-state index in [1.165, 1.54) is 0 Å². The lowest BCUT2D eigenvalue weighted by Crippen LogP contribution is -2.39. The van der Waals surface area contributed by atoms with Crippen molar-refractivity contribution >= 4 is 22.9 Å². The number of benzene rings is 1. The van der Waals surface area contributed by atoms with Gasteiger partial charge in [-0.2, -0.15) is 0 Å². The molecule has 0 aliphatic carbocycles. The number of likely N-dealkylation sites (tertiary alicyclic amines) is 1. The first kappa shape index (κ1) is 22.1. The molecule has 2 aliphatic heterocycles. The summed E-state index contributed by atoms with van der Waals surface area (Å²) < 4.78 is 2.24. The third-order valence-electron chi connectivity index (χ3n) is 6.75. The molecule has 0 radical (unpaired) electrons. The second-order valence-corrected chi connectivity index (χ2v) is 9.18. The molecule has 7 heteroatoms. The second-order valence-electron chi connectivity index (χ2n) is 9.18. The number of piperidine rings is 1. The lowest BCUT2D eigenvalue weighted by atomic mass is 10.1. The fourth-order valence-corrected chi connectivity index (χ4v) is 5.08. The number of anilines is 1. The highest BCUT2D eigenvalue weighted by Crippen LogP contribution is 2.27. The number of nitrogens with zero attached hydrogens (tertiary/aromatic N) is 5.